The summed E-state index contributed by atoms with van der Waals surface area (Å²) in [6.45, 7) is 9.53. The van der Waals surface area contributed by atoms with Crippen LogP contribution < -0.4 is 26.2 Å². The summed E-state index contributed by atoms with van der Waals surface area (Å²) in [6.07, 6.45) is 3.97. The number of hydrogen-bond donors (Lipinski definition) is 5. The van der Waals surface area contributed by atoms with Crippen molar-refractivity contribution in [3.8, 4) is 0 Å². The molecule has 4 aliphatic rings. The van der Waals surface area contributed by atoms with Crippen LogP contribution in [-0.2, 0) is 24.3 Å². The summed E-state index contributed by atoms with van der Waals surface area (Å²) in [5.41, 5.74) is 6.98. The van der Waals surface area contributed by atoms with Gasteiger partial charge in [0.2, 0.25) is 0 Å². The molecule has 0 atom stereocenters. The van der Waals surface area contributed by atoms with E-state index in [1.165, 1.54) is 50.2 Å². The Hall–Kier alpha value is -5.35. The number of halogens is 4. The second kappa shape index (κ2) is 19.0. The molecular weight excluding hydrogens is 829 g/mol. The normalized spacial score (nSPS) is 17.8. The van der Waals surface area contributed by atoms with Crippen LogP contribution in [0.3, 0.4) is 0 Å². The first-order chi connectivity index (χ1) is 30.1. The van der Waals surface area contributed by atoms with E-state index in [1.807, 2.05) is 14.1 Å². The first-order valence-electron chi connectivity index (χ1n) is 21.7. The number of rotatable bonds is 5. The molecule has 4 heterocycles. The molecule has 2 saturated heterocycles. The number of fused-ring (bicyclic) bond motifs is 2. The number of carbonyl (C=O) groups excluding carboxylic acids is 3. The van der Waals surface area contributed by atoms with Crippen molar-refractivity contribution in [3.05, 3.63) is 129 Å². The van der Waals surface area contributed by atoms with E-state index in [-0.39, 0.29) is 46.6 Å². The molecule has 0 aliphatic carbocycles. The fourth-order valence-electron chi connectivity index (χ4n) is 9.24. The molecule has 0 radical (unpaired) electrons. The molecule has 0 bridgehead atoms. The number of amides is 2. The minimum Gasteiger partial charge on any atom is -0.386 e. The Kier molecular flexibility index (Phi) is 14.3. The smallest absolute Gasteiger partial charge is 0.317 e. The number of likely N-dealkylation sites (tertiary alicyclic amines) is 1. The molecule has 0 saturated carbocycles. The first kappa shape index (κ1) is 48.1. The van der Waals surface area contributed by atoms with Crippen molar-refractivity contribution in [2.75, 3.05) is 50.1 Å². The van der Waals surface area contributed by atoms with Crippen molar-refractivity contribution in [2.24, 2.45) is 5.73 Å². The highest BCUT2D eigenvalue weighted by Crippen LogP contribution is 2.43. The zero-order valence-electron chi connectivity index (χ0n) is 37.5. The average Bonchev–Trinajstić information content (AvgIpc) is 3.25. The minimum atomic E-state index is -1.32. The maximum atomic E-state index is 14.0. The molecule has 64 heavy (non-hydrogen) atoms. The van der Waals surface area contributed by atoms with Crippen molar-refractivity contribution in [2.45, 2.75) is 102 Å². The number of piperidine rings is 2. The van der Waals surface area contributed by atoms with E-state index in [0.29, 0.717) is 62.0 Å². The number of anilines is 2. The van der Waals surface area contributed by atoms with Gasteiger partial charge in [0.15, 0.2) is 11.6 Å². The predicted octanol–water partition coefficient (Wildman–Crippen LogP) is 7.44. The summed E-state index contributed by atoms with van der Waals surface area (Å²) in [6, 6.07) is 17.6. The number of nitrogens with zero attached hydrogens (tertiary/aromatic N) is 3. The van der Waals surface area contributed by atoms with Crippen LogP contribution >= 0.6 is 0 Å². The van der Waals surface area contributed by atoms with Crippen molar-refractivity contribution in [3.63, 3.8) is 0 Å². The van der Waals surface area contributed by atoms with Crippen LogP contribution in [0.15, 0.2) is 72.8 Å². The average molecular weight is 889 g/mol. The zero-order valence-corrected chi connectivity index (χ0v) is 37.5. The van der Waals surface area contributed by atoms with E-state index in [1.54, 1.807) is 55.1 Å². The van der Waals surface area contributed by atoms with Crippen molar-refractivity contribution in [1.29, 1.82) is 0 Å². The summed E-state index contributed by atoms with van der Waals surface area (Å²) < 4.78 is 54.1. The molecule has 15 heteroatoms. The zero-order chi connectivity index (χ0) is 46.8. The van der Waals surface area contributed by atoms with E-state index in [0.717, 1.165) is 42.9 Å². The Labute approximate surface area is 372 Å². The van der Waals surface area contributed by atoms with Gasteiger partial charge < -0.3 is 41.3 Å². The van der Waals surface area contributed by atoms with Crippen LogP contribution in [0.2, 0.25) is 0 Å². The predicted molar refractivity (Wildman–Crippen MR) is 239 cm³/mol. The van der Waals surface area contributed by atoms with Gasteiger partial charge in [0, 0.05) is 92.3 Å². The first-order valence-corrected chi connectivity index (χ1v) is 21.7. The monoisotopic (exact) mass is 888 g/mol. The summed E-state index contributed by atoms with van der Waals surface area (Å²) in [7, 11) is 3.95. The van der Waals surface area contributed by atoms with Crippen LogP contribution in [0.1, 0.15) is 109 Å². The number of Topliss-reactive ketones (excluding diaryl/α,β-unsaturated/α-hetero) is 2. The van der Waals surface area contributed by atoms with Gasteiger partial charge in [0.1, 0.15) is 23.3 Å². The number of carbonyl (C=O) groups is 3. The number of nitrogens with one attached hydrogen (secondary N) is 2. The summed E-state index contributed by atoms with van der Waals surface area (Å²) >= 11 is 0. The van der Waals surface area contributed by atoms with Crippen LogP contribution in [0.5, 0.6) is 0 Å². The summed E-state index contributed by atoms with van der Waals surface area (Å²) in [5.74, 6) is -1.64. The number of nitrogens with two attached hydrogens (primary N) is 1. The van der Waals surface area contributed by atoms with Gasteiger partial charge in [-0.05, 0) is 138 Å². The van der Waals surface area contributed by atoms with Gasteiger partial charge in [-0.1, -0.05) is 12.1 Å². The Balaban J connectivity index is 0.000000182. The Morgan fingerprint density at radius 2 is 1.12 bits per heavy atom. The molecule has 4 aromatic rings. The van der Waals surface area contributed by atoms with Gasteiger partial charge in [-0.25, -0.2) is 22.4 Å². The molecule has 4 aliphatic heterocycles. The minimum absolute atomic E-state index is 0.0700. The molecule has 8 rings (SSSR count). The van der Waals surface area contributed by atoms with Gasteiger partial charge in [0.25, 0.3) is 0 Å². The third-order valence-electron chi connectivity index (χ3n) is 13.2. The lowest BCUT2D eigenvalue weighted by Crippen LogP contribution is -2.59. The van der Waals surface area contributed by atoms with Gasteiger partial charge in [-0.3, -0.25) is 9.59 Å². The summed E-state index contributed by atoms with van der Waals surface area (Å²) in [5, 5.41) is 25.9. The molecular formula is C49H60F4N6O5. The molecule has 11 nitrogen and oxygen atoms in total. The highest BCUT2D eigenvalue weighted by molar-refractivity contribution is 6.05. The lowest BCUT2D eigenvalue weighted by Gasteiger charge is -2.50. The van der Waals surface area contributed by atoms with Crippen molar-refractivity contribution < 1.29 is 42.2 Å². The standard InChI is InChI=1S/C25H29F2N3O3.C14H17FN2O.C10H14FNO/c1-24(2,33)19-12-16(4-6-20(19)27)15-28-23(32)30-10-8-25(9-11-30)14-22(31)18-13-17(26)5-7-21(18)29(25)3;1-17-12-3-2-10(15)8-11(12)13(18)9-14(17)4-6-16-7-5-14;1-10(2,13)8-5-7(6-12)3-4-9(8)11/h4-7,12-13,33H,8-11,14-15H2,1-3H3,(H,28,32);2-3,8,16H,4-7,9H2,1H3;3-5,13H,6,12H2,1-2H3. The molecule has 2 amide bonds. The third-order valence-corrected chi connectivity index (χ3v) is 13.2. The lowest BCUT2D eigenvalue weighted by atomic mass is 9.77. The molecule has 0 aromatic heterocycles. The van der Waals surface area contributed by atoms with Crippen LogP contribution in [0.4, 0.5) is 33.7 Å². The number of ketones is 2. The summed E-state index contributed by atoms with van der Waals surface area (Å²) in [4.78, 5) is 43.7. The van der Waals surface area contributed by atoms with Gasteiger partial charge in [-0.15, -0.1) is 0 Å². The van der Waals surface area contributed by atoms with Crippen LogP contribution in [0, 0.1) is 23.3 Å². The SMILES string of the molecule is CC(C)(O)c1cc(CN)ccc1F.CN1c2ccc(F)cc2C(=O)CC12CCN(C(=O)NCc1ccc(F)c(C(C)(C)O)c1)CC2.CN1c2ccc(F)cc2C(=O)CC12CCNCC2. The molecule has 4 aromatic carbocycles. The maximum Gasteiger partial charge on any atom is 0.317 e. The van der Waals surface area contributed by atoms with E-state index in [4.69, 9.17) is 5.73 Å². The lowest BCUT2D eigenvalue weighted by molar-refractivity contribution is 0.0738. The molecule has 2 spiro atoms. The largest absolute Gasteiger partial charge is 0.386 e. The second-order valence-electron chi connectivity index (χ2n) is 18.4. The quantitative estimate of drug-likeness (QED) is 0.129. The molecule has 2 fully saturated rings. The van der Waals surface area contributed by atoms with Gasteiger partial charge in [0.05, 0.1) is 16.7 Å². The van der Waals surface area contributed by atoms with E-state index < -0.39 is 34.2 Å². The maximum absolute atomic E-state index is 14.0. The Morgan fingerprint density at radius 1 is 0.688 bits per heavy atom. The third kappa shape index (κ3) is 10.4. The second-order valence-corrected chi connectivity index (χ2v) is 18.4. The fraction of sp³-hybridized carbons (Fsp3) is 0.449. The molecule has 344 valence electrons. The van der Waals surface area contributed by atoms with Gasteiger partial charge in [-0.2, -0.15) is 0 Å². The Bertz CT molecular complexity index is 2370. The van der Waals surface area contributed by atoms with Crippen LogP contribution in [0.25, 0.3) is 0 Å². The van der Waals surface area contributed by atoms with E-state index in [9.17, 15) is 42.2 Å². The van der Waals surface area contributed by atoms with E-state index >= 15 is 0 Å². The molecule has 6 N–H and O–H groups in total. The highest BCUT2D eigenvalue weighted by Gasteiger charge is 2.46. The topological polar surface area (TPSA) is 151 Å². The molecule has 0 unspecified atom stereocenters. The van der Waals surface area contributed by atoms with Crippen molar-refractivity contribution >= 4 is 29.0 Å². The fourth-order valence-corrected chi connectivity index (χ4v) is 9.24. The number of aliphatic hydroxyl groups is 2. The highest BCUT2D eigenvalue weighted by atomic mass is 19.1. The Morgan fingerprint density at radius 3 is 1.58 bits per heavy atom. The van der Waals surface area contributed by atoms with Crippen molar-refractivity contribution in [1.82, 2.24) is 15.5 Å². The van der Waals surface area contributed by atoms with Gasteiger partial charge >= 0.3 is 6.03 Å². The van der Waals surface area contributed by atoms with E-state index in [2.05, 4.69) is 20.4 Å². The van der Waals surface area contributed by atoms with Crippen LogP contribution in [-0.4, -0.2) is 84.1 Å². The number of benzene rings is 4. The number of urea groups is 1. The number of hydrogen-bond acceptors (Lipinski definition) is 9.